The average molecular weight is 289 g/mol. The van der Waals surface area contributed by atoms with Crippen LogP contribution in [0.2, 0.25) is 0 Å². The molecule has 1 aliphatic carbocycles. The van der Waals surface area contributed by atoms with Gasteiger partial charge in [-0.25, -0.2) is 0 Å². The highest BCUT2D eigenvalue weighted by molar-refractivity contribution is 5.85. The lowest BCUT2D eigenvalue weighted by Crippen LogP contribution is -2.51. The zero-order valence-corrected chi connectivity index (χ0v) is 13.2. The van der Waals surface area contributed by atoms with E-state index in [2.05, 4.69) is 17.1 Å². The predicted molar refractivity (Wildman–Crippen MR) is 81.6 cm³/mol. The minimum Gasteiger partial charge on any atom is -0.343 e. The average Bonchev–Trinajstić information content (AvgIpc) is 2.24. The number of nitrogens with one attached hydrogen (secondary N) is 1. The van der Waals surface area contributed by atoms with Gasteiger partial charge in [-0.05, 0) is 31.8 Å². The summed E-state index contributed by atoms with van der Waals surface area (Å²) in [5.74, 6) is 1.13. The van der Waals surface area contributed by atoms with Crippen LogP contribution in [0, 0.1) is 11.8 Å². The van der Waals surface area contributed by atoms with Gasteiger partial charge in [0.05, 0.1) is 0 Å². The van der Waals surface area contributed by atoms with Gasteiger partial charge in [0.25, 0.3) is 0 Å². The molecule has 19 heavy (non-hydrogen) atoms. The van der Waals surface area contributed by atoms with Crippen LogP contribution in [0.15, 0.2) is 0 Å². The number of halogens is 1. The Hall–Kier alpha value is -0.280. The Kier molecular flexibility index (Phi) is 7.16. The predicted octanol–water partition coefficient (Wildman–Crippen LogP) is 2.84. The number of hydrogen-bond acceptors (Lipinski definition) is 2. The van der Waals surface area contributed by atoms with Gasteiger partial charge in [0.15, 0.2) is 0 Å². The number of carbonyl (C=O) groups is 1. The summed E-state index contributed by atoms with van der Waals surface area (Å²) in [6, 6.07) is 0.494. The molecule has 1 saturated carbocycles. The van der Waals surface area contributed by atoms with Crippen LogP contribution < -0.4 is 5.32 Å². The first-order chi connectivity index (χ1) is 8.70. The van der Waals surface area contributed by atoms with Crippen LogP contribution in [0.25, 0.3) is 0 Å². The molecule has 1 heterocycles. The molecule has 0 spiro atoms. The summed E-state index contributed by atoms with van der Waals surface area (Å²) in [5, 5.41) is 3.26. The number of amides is 1. The third kappa shape index (κ3) is 4.35. The van der Waals surface area contributed by atoms with Crippen molar-refractivity contribution in [3.63, 3.8) is 0 Å². The maximum Gasteiger partial charge on any atom is 0.225 e. The van der Waals surface area contributed by atoms with E-state index in [1.54, 1.807) is 0 Å². The lowest BCUT2D eigenvalue weighted by molar-refractivity contribution is -0.138. The first kappa shape index (κ1) is 16.8. The zero-order valence-electron chi connectivity index (χ0n) is 12.4. The van der Waals surface area contributed by atoms with Crippen LogP contribution >= 0.6 is 12.4 Å². The second-order valence-corrected chi connectivity index (χ2v) is 6.16. The van der Waals surface area contributed by atoms with E-state index in [4.69, 9.17) is 0 Å². The molecule has 2 aliphatic rings. The van der Waals surface area contributed by atoms with E-state index in [-0.39, 0.29) is 18.3 Å². The molecule has 2 rings (SSSR count). The minimum atomic E-state index is 0. The fourth-order valence-electron chi connectivity index (χ4n) is 3.19. The van der Waals surface area contributed by atoms with Gasteiger partial charge in [-0.15, -0.1) is 12.4 Å². The third-order valence-electron chi connectivity index (χ3n) is 4.88. The van der Waals surface area contributed by atoms with Crippen molar-refractivity contribution in [1.29, 1.82) is 0 Å². The molecule has 1 saturated heterocycles. The Bertz CT molecular complexity index is 273. The smallest absolute Gasteiger partial charge is 0.225 e. The molecule has 4 heteroatoms. The lowest BCUT2D eigenvalue weighted by atomic mass is 9.87. The number of nitrogens with zero attached hydrogens (tertiary/aromatic N) is 1. The number of hydrogen-bond donors (Lipinski definition) is 1. The van der Waals surface area contributed by atoms with Crippen LogP contribution in [-0.4, -0.2) is 37.0 Å². The van der Waals surface area contributed by atoms with E-state index >= 15 is 0 Å². The Morgan fingerprint density at radius 3 is 2.11 bits per heavy atom. The molecule has 1 atom stereocenters. The molecular formula is C15H29ClN2O. The Labute approximate surface area is 123 Å². The molecule has 1 aliphatic heterocycles. The molecule has 1 N–H and O–H groups in total. The first-order valence-electron chi connectivity index (χ1n) is 7.67. The normalized spacial score (nSPS) is 23.5. The van der Waals surface area contributed by atoms with E-state index in [0.717, 1.165) is 13.1 Å². The van der Waals surface area contributed by atoms with Crippen molar-refractivity contribution < 1.29 is 4.79 Å². The van der Waals surface area contributed by atoms with Gasteiger partial charge in [-0.3, -0.25) is 4.79 Å². The maximum absolute atomic E-state index is 12.5. The lowest BCUT2D eigenvalue weighted by Gasteiger charge is -2.37. The van der Waals surface area contributed by atoms with Gasteiger partial charge in [-0.2, -0.15) is 0 Å². The fourth-order valence-corrected chi connectivity index (χ4v) is 3.19. The Balaban J connectivity index is 0.00000180. The standard InChI is InChI=1S/C15H28N2O.ClH/c1-12(13-10-16-11-13)15(18)17(2)14-8-6-4-3-5-7-9-14;/h12-14,16H,3-11H2,1-2H3;1H. The quantitative estimate of drug-likeness (QED) is 0.866. The van der Waals surface area contributed by atoms with Gasteiger partial charge >= 0.3 is 0 Å². The van der Waals surface area contributed by atoms with Gasteiger partial charge in [0.1, 0.15) is 0 Å². The molecule has 2 fully saturated rings. The summed E-state index contributed by atoms with van der Waals surface area (Å²) in [6.07, 6.45) is 9.08. The number of rotatable bonds is 3. The fraction of sp³-hybridized carbons (Fsp3) is 0.933. The SMILES string of the molecule is CC(C(=O)N(C)C1CCCCCCC1)C1CNC1.Cl. The highest BCUT2D eigenvalue weighted by atomic mass is 35.5. The van der Waals surface area contributed by atoms with Crippen molar-refractivity contribution in [2.75, 3.05) is 20.1 Å². The van der Waals surface area contributed by atoms with Crippen molar-refractivity contribution in [3.05, 3.63) is 0 Å². The molecule has 0 aromatic carbocycles. The van der Waals surface area contributed by atoms with Crippen molar-refractivity contribution >= 4 is 18.3 Å². The summed E-state index contributed by atoms with van der Waals surface area (Å²) in [7, 11) is 2.02. The van der Waals surface area contributed by atoms with E-state index in [1.807, 2.05) is 7.05 Å². The van der Waals surface area contributed by atoms with Gasteiger partial charge in [0, 0.05) is 19.0 Å². The van der Waals surface area contributed by atoms with Crippen molar-refractivity contribution in [3.8, 4) is 0 Å². The molecule has 3 nitrogen and oxygen atoms in total. The van der Waals surface area contributed by atoms with Gasteiger partial charge < -0.3 is 10.2 Å². The van der Waals surface area contributed by atoms with Crippen LogP contribution in [0.1, 0.15) is 51.9 Å². The maximum atomic E-state index is 12.5. The molecular weight excluding hydrogens is 260 g/mol. The molecule has 1 amide bonds. The number of carbonyl (C=O) groups excluding carboxylic acids is 1. The van der Waals surface area contributed by atoms with Gasteiger partial charge in [-0.1, -0.05) is 39.0 Å². The molecule has 0 aromatic rings. The summed E-state index contributed by atoms with van der Waals surface area (Å²) >= 11 is 0. The van der Waals surface area contributed by atoms with E-state index in [9.17, 15) is 4.79 Å². The third-order valence-corrected chi connectivity index (χ3v) is 4.88. The van der Waals surface area contributed by atoms with E-state index < -0.39 is 0 Å². The molecule has 1 unspecified atom stereocenters. The Morgan fingerprint density at radius 2 is 1.63 bits per heavy atom. The van der Waals surface area contributed by atoms with Crippen molar-refractivity contribution in [1.82, 2.24) is 10.2 Å². The van der Waals surface area contributed by atoms with Crippen molar-refractivity contribution in [2.24, 2.45) is 11.8 Å². The van der Waals surface area contributed by atoms with E-state index in [0.29, 0.717) is 17.9 Å². The van der Waals surface area contributed by atoms with Crippen LogP contribution in [0.4, 0.5) is 0 Å². The zero-order chi connectivity index (χ0) is 13.0. The highest BCUT2D eigenvalue weighted by Crippen LogP contribution is 2.24. The van der Waals surface area contributed by atoms with Crippen molar-refractivity contribution in [2.45, 2.75) is 57.9 Å². The highest BCUT2D eigenvalue weighted by Gasteiger charge is 2.32. The minimum absolute atomic E-state index is 0. The van der Waals surface area contributed by atoms with Crippen LogP contribution in [-0.2, 0) is 4.79 Å². The van der Waals surface area contributed by atoms with Crippen LogP contribution in [0.3, 0.4) is 0 Å². The van der Waals surface area contributed by atoms with Crippen LogP contribution in [0.5, 0.6) is 0 Å². The Morgan fingerprint density at radius 1 is 1.11 bits per heavy atom. The van der Waals surface area contributed by atoms with Gasteiger partial charge in [0.2, 0.25) is 5.91 Å². The first-order valence-corrected chi connectivity index (χ1v) is 7.67. The molecule has 112 valence electrons. The van der Waals surface area contributed by atoms with E-state index in [1.165, 1.54) is 44.9 Å². The molecule has 0 radical (unpaired) electrons. The molecule has 0 aromatic heterocycles. The topological polar surface area (TPSA) is 32.3 Å². The largest absolute Gasteiger partial charge is 0.343 e. The summed E-state index contributed by atoms with van der Waals surface area (Å²) < 4.78 is 0. The summed E-state index contributed by atoms with van der Waals surface area (Å²) in [6.45, 7) is 4.14. The monoisotopic (exact) mass is 288 g/mol. The second-order valence-electron chi connectivity index (χ2n) is 6.16. The summed E-state index contributed by atoms with van der Waals surface area (Å²) in [5.41, 5.74) is 0. The summed E-state index contributed by atoms with van der Waals surface area (Å²) in [4.78, 5) is 14.5. The molecule has 0 bridgehead atoms. The second kappa shape index (κ2) is 8.11.